The lowest BCUT2D eigenvalue weighted by atomic mass is 10.3. The summed E-state index contributed by atoms with van der Waals surface area (Å²) in [5, 5.41) is 0. The van der Waals surface area contributed by atoms with E-state index in [9.17, 15) is 0 Å². The van der Waals surface area contributed by atoms with Gasteiger partial charge in [0.1, 0.15) is 5.75 Å². The van der Waals surface area contributed by atoms with Gasteiger partial charge in [0, 0.05) is 8.95 Å². The Hall–Kier alpha value is -0.0200. The minimum absolute atomic E-state index is 0.807. The van der Waals surface area contributed by atoms with Crippen molar-refractivity contribution in [1.82, 2.24) is 0 Å². The molecule has 78 valence electrons. The number of unbranched alkanes of at least 4 members (excludes halogenated alkanes) is 2. The average molecular weight is 322 g/mol. The highest BCUT2D eigenvalue weighted by Crippen LogP contribution is 2.27. The van der Waals surface area contributed by atoms with Crippen LogP contribution >= 0.6 is 31.9 Å². The molecule has 0 saturated heterocycles. The van der Waals surface area contributed by atoms with Gasteiger partial charge in [0.25, 0.3) is 0 Å². The molecule has 0 bridgehead atoms. The molecule has 0 heterocycles. The molecule has 1 aromatic carbocycles. The van der Waals surface area contributed by atoms with Gasteiger partial charge in [0.05, 0.1) is 6.61 Å². The monoisotopic (exact) mass is 320 g/mol. The van der Waals surface area contributed by atoms with E-state index in [0.29, 0.717) is 0 Å². The lowest BCUT2D eigenvalue weighted by molar-refractivity contribution is 0.306. The number of benzene rings is 1. The van der Waals surface area contributed by atoms with Gasteiger partial charge in [0.2, 0.25) is 0 Å². The minimum Gasteiger partial charge on any atom is -0.494 e. The van der Waals surface area contributed by atoms with Gasteiger partial charge in [-0.3, -0.25) is 0 Å². The maximum atomic E-state index is 5.59. The predicted molar refractivity (Wildman–Crippen MR) is 66.9 cm³/mol. The van der Waals surface area contributed by atoms with Gasteiger partial charge in [-0.05, 0) is 56.5 Å². The molecule has 1 aromatic rings. The van der Waals surface area contributed by atoms with Gasteiger partial charge in [-0.1, -0.05) is 19.8 Å². The highest BCUT2D eigenvalue weighted by molar-refractivity contribution is 9.13. The van der Waals surface area contributed by atoms with Crippen LogP contribution in [0.15, 0.2) is 27.1 Å². The van der Waals surface area contributed by atoms with Crippen molar-refractivity contribution >= 4 is 31.9 Å². The van der Waals surface area contributed by atoms with Gasteiger partial charge in [-0.2, -0.15) is 0 Å². The molecule has 0 aliphatic carbocycles. The lowest BCUT2D eigenvalue weighted by Crippen LogP contribution is -1.96. The lowest BCUT2D eigenvalue weighted by Gasteiger charge is -2.06. The van der Waals surface area contributed by atoms with Crippen molar-refractivity contribution in [3.05, 3.63) is 27.1 Å². The summed E-state index contributed by atoms with van der Waals surface area (Å²) >= 11 is 6.86. The predicted octanol–water partition coefficient (Wildman–Crippen LogP) is 4.78. The Kier molecular flexibility index (Phi) is 5.56. The van der Waals surface area contributed by atoms with Crippen LogP contribution in [0.25, 0.3) is 0 Å². The highest BCUT2D eigenvalue weighted by atomic mass is 79.9. The smallest absolute Gasteiger partial charge is 0.120 e. The first-order chi connectivity index (χ1) is 6.74. The summed E-state index contributed by atoms with van der Waals surface area (Å²) in [6.45, 7) is 3.00. The molecule has 0 aliphatic heterocycles. The van der Waals surface area contributed by atoms with E-state index in [1.165, 1.54) is 12.8 Å². The summed E-state index contributed by atoms with van der Waals surface area (Å²) in [6.07, 6.45) is 3.59. The van der Waals surface area contributed by atoms with Crippen LogP contribution in [0.3, 0.4) is 0 Å². The second kappa shape index (κ2) is 6.46. The van der Waals surface area contributed by atoms with Crippen molar-refractivity contribution in [2.75, 3.05) is 6.61 Å². The van der Waals surface area contributed by atoms with Crippen LogP contribution in [0.5, 0.6) is 5.75 Å². The topological polar surface area (TPSA) is 9.23 Å². The molecule has 1 rings (SSSR count). The zero-order chi connectivity index (χ0) is 10.4. The number of hydrogen-bond acceptors (Lipinski definition) is 1. The van der Waals surface area contributed by atoms with Crippen LogP contribution in [0, 0.1) is 0 Å². The van der Waals surface area contributed by atoms with Crippen molar-refractivity contribution in [2.45, 2.75) is 26.2 Å². The highest BCUT2D eigenvalue weighted by Gasteiger charge is 1.98. The van der Waals surface area contributed by atoms with E-state index in [1.807, 2.05) is 18.2 Å². The first-order valence-corrected chi connectivity index (χ1v) is 6.40. The molecular weight excluding hydrogens is 308 g/mol. The molecule has 0 fully saturated rings. The number of hydrogen-bond donors (Lipinski definition) is 0. The molecule has 0 aromatic heterocycles. The maximum absolute atomic E-state index is 5.59. The third kappa shape index (κ3) is 4.01. The Morgan fingerprint density at radius 2 is 1.93 bits per heavy atom. The van der Waals surface area contributed by atoms with E-state index in [4.69, 9.17) is 4.74 Å². The van der Waals surface area contributed by atoms with Crippen LogP contribution in [-0.4, -0.2) is 6.61 Å². The van der Waals surface area contributed by atoms with E-state index < -0.39 is 0 Å². The van der Waals surface area contributed by atoms with E-state index in [2.05, 4.69) is 38.8 Å². The normalized spacial score (nSPS) is 10.2. The molecule has 0 amide bonds. The molecule has 1 nitrogen and oxygen atoms in total. The average Bonchev–Trinajstić information content (AvgIpc) is 2.18. The van der Waals surface area contributed by atoms with Crippen LogP contribution < -0.4 is 4.74 Å². The largest absolute Gasteiger partial charge is 0.494 e. The van der Waals surface area contributed by atoms with Gasteiger partial charge in [-0.15, -0.1) is 0 Å². The Bertz CT molecular complexity index is 287. The standard InChI is InChI=1S/C11H14Br2O/c1-2-3-4-7-14-9-5-6-10(12)11(13)8-9/h5-6,8H,2-4,7H2,1H3. The summed E-state index contributed by atoms with van der Waals surface area (Å²) in [5.74, 6) is 0.927. The third-order valence-corrected chi connectivity index (χ3v) is 3.79. The zero-order valence-corrected chi connectivity index (χ0v) is 11.4. The summed E-state index contributed by atoms with van der Waals surface area (Å²) < 4.78 is 7.68. The minimum atomic E-state index is 0.807. The van der Waals surface area contributed by atoms with Crippen LogP contribution in [0.1, 0.15) is 26.2 Å². The molecular formula is C11H14Br2O. The summed E-state index contributed by atoms with van der Waals surface area (Å²) in [5.41, 5.74) is 0. The second-order valence-electron chi connectivity index (χ2n) is 3.13. The van der Waals surface area contributed by atoms with Crippen LogP contribution in [-0.2, 0) is 0 Å². The van der Waals surface area contributed by atoms with Crippen LogP contribution in [0.4, 0.5) is 0 Å². The summed E-state index contributed by atoms with van der Waals surface area (Å²) in [4.78, 5) is 0. The first-order valence-electron chi connectivity index (χ1n) is 4.82. The zero-order valence-electron chi connectivity index (χ0n) is 8.22. The molecule has 0 aliphatic rings. The molecule has 14 heavy (non-hydrogen) atoms. The van der Waals surface area contributed by atoms with E-state index >= 15 is 0 Å². The van der Waals surface area contributed by atoms with Crippen molar-refractivity contribution in [3.8, 4) is 5.75 Å². The molecule has 0 N–H and O–H groups in total. The summed E-state index contributed by atoms with van der Waals surface area (Å²) in [7, 11) is 0. The van der Waals surface area contributed by atoms with E-state index in [-0.39, 0.29) is 0 Å². The molecule has 0 saturated carbocycles. The Morgan fingerprint density at radius 1 is 1.14 bits per heavy atom. The second-order valence-corrected chi connectivity index (χ2v) is 4.84. The SMILES string of the molecule is CCCCCOc1ccc(Br)c(Br)c1. The van der Waals surface area contributed by atoms with Crippen molar-refractivity contribution in [3.63, 3.8) is 0 Å². The number of halogens is 2. The van der Waals surface area contributed by atoms with Gasteiger partial charge < -0.3 is 4.74 Å². The van der Waals surface area contributed by atoms with Crippen molar-refractivity contribution in [2.24, 2.45) is 0 Å². The molecule has 3 heteroatoms. The van der Waals surface area contributed by atoms with Gasteiger partial charge in [-0.25, -0.2) is 0 Å². The van der Waals surface area contributed by atoms with E-state index in [1.54, 1.807) is 0 Å². The maximum Gasteiger partial charge on any atom is 0.120 e. The first kappa shape index (κ1) is 12.1. The van der Waals surface area contributed by atoms with Gasteiger partial charge in [0.15, 0.2) is 0 Å². The Balaban J connectivity index is 2.39. The quantitative estimate of drug-likeness (QED) is 0.709. The molecule has 0 atom stereocenters. The fourth-order valence-corrected chi connectivity index (χ4v) is 1.71. The fourth-order valence-electron chi connectivity index (χ4n) is 1.11. The van der Waals surface area contributed by atoms with Gasteiger partial charge >= 0.3 is 0 Å². The number of rotatable bonds is 5. The molecule has 0 spiro atoms. The van der Waals surface area contributed by atoms with Crippen LogP contribution in [0.2, 0.25) is 0 Å². The number of ether oxygens (including phenoxy) is 1. The summed E-state index contributed by atoms with van der Waals surface area (Å²) in [6, 6.07) is 5.94. The Morgan fingerprint density at radius 3 is 2.57 bits per heavy atom. The molecule has 0 radical (unpaired) electrons. The fraction of sp³-hybridized carbons (Fsp3) is 0.455. The van der Waals surface area contributed by atoms with E-state index in [0.717, 1.165) is 27.7 Å². The van der Waals surface area contributed by atoms with Crippen molar-refractivity contribution in [1.29, 1.82) is 0 Å². The third-order valence-electron chi connectivity index (χ3n) is 1.91. The Labute approximate surface area is 102 Å². The molecule has 0 unspecified atom stereocenters. The van der Waals surface area contributed by atoms with Crippen molar-refractivity contribution < 1.29 is 4.74 Å².